The lowest BCUT2D eigenvalue weighted by Gasteiger charge is -2.35. The van der Waals surface area contributed by atoms with Crippen molar-refractivity contribution in [2.75, 3.05) is 13.1 Å². The first-order chi connectivity index (χ1) is 10.1. The molecule has 0 spiro atoms. The fourth-order valence-corrected chi connectivity index (χ4v) is 3.52. The standard InChI is InChI=1S/C16H28N2O3/c1-2-15(20)18-9-4-3-8-14(18)16(21)17-11-12-6-5-7-13(19)10-12/h12-14,19H,2-11H2,1H3,(H,17,21). The zero-order valence-corrected chi connectivity index (χ0v) is 13.0. The van der Waals surface area contributed by atoms with Crippen LogP contribution in [0.1, 0.15) is 58.3 Å². The third-order valence-electron chi connectivity index (χ3n) is 4.75. The smallest absolute Gasteiger partial charge is 0.242 e. The Bertz CT molecular complexity index is 373. The summed E-state index contributed by atoms with van der Waals surface area (Å²) in [5.74, 6) is 0.427. The molecule has 3 atom stereocenters. The molecule has 1 aliphatic heterocycles. The summed E-state index contributed by atoms with van der Waals surface area (Å²) in [6.07, 6.45) is 6.77. The molecule has 2 amide bonds. The van der Waals surface area contributed by atoms with E-state index in [9.17, 15) is 14.7 Å². The van der Waals surface area contributed by atoms with Crippen LogP contribution < -0.4 is 5.32 Å². The number of hydrogen-bond acceptors (Lipinski definition) is 3. The summed E-state index contributed by atoms with van der Waals surface area (Å²) in [7, 11) is 0. The van der Waals surface area contributed by atoms with Gasteiger partial charge in [-0.1, -0.05) is 13.3 Å². The molecule has 5 heteroatoms. The van der Waals surface area contributed by atoms with E-state index in [1.807, 2.05) is 6.92 Å². The van der Waals surface area contributed by atoms with Crippen molar-refractivity contribution >= 4 is 11.8 Å². The molecule has 21 heavy (non-hydrogen) atoms. The molecule has 2 fully saturated rings. The van der Waals surface area contributed by atoms with Crippen molar-refractivity contribution < 1.29 is 14.7 Å². The molecule has 0 aromatic carbocycles. The van der Waals surface area contributed by atoms with Crippen molar-refractivity contribution in [2.24, 2.45) is 5.92 Å². The first-order valence-electron chi connectivity index (χ1n) is 8.37. The Kier molecular flexibility index (Phi) is 6.03. The van der Waals surface area contributed by atoms with Crippen molar-refractivity contribution in [3.8, 4) is 0 Å². The minimum atomic E-state index is -0.292. The van der Waals surface area contributed by atoms with Crippen LogP contribution in [0, 0.1) is 5.92 Å². The lowest BCUT2D eigenvalue weighted by Crippen LogP contribution is -2.52. The molecule has 0 radical (unpaired) electrons. The summed E-state index contributed by atoms with van der Waals surface area (Å²) in [4.78, 5) is 26.1. The number of carbonyl (C=O) groups is 2. The molecule has 1 saturated heterocycles. The van der Waals surface area contributed by atoms with Crippen LogP contribution in [0.3, 0.4) is 0 Å². The quantitative estimate of drug-likeness (QED) is 0.825. The van der Waals surface area contributed by atoms with Gasteiger partial charge < -0.3 is 15.3 Å². The van der Waals surface area contributed by atoms with Gasteiger partial charge in [0.25, 0.3) is 0 Å². The van der Waals surface area contributed by atoms with Crippen LogP contribution in [-0.4, -0.2) is 47.1 Å². The number of aliphatic hydroxyl groups is 1. The second kappa shape index (κ2) is 7.78. The molecule has 0 aromatic heterocycles. The van der Waals surface area contributed by atoms with Gasteiger partial charge in [0.1, 0.15) is 6.04 Å². The SMILES string of the molecule is CCC(=O)N1CCCCC1C(=O)NCC1CCCC(O)C1. The highest BCUT2D eigenvalue weighted by Gasteiger charge is 2.31. The zero-order valence-electron chi connectivity index (χ0n) is 13.0. The normalized spacial score (nSPS) is 30.0. The van der Waals surface area contributed by atoms with Gasteiger partial charge in [-0.25, -0.2) is 0 Å². The fraction of sp³-hybridized carbons (Fsp3) is 0.875. The van der Waals surface area contributed by atoms with Crippen molar-refractivity contribution in [2.45, 2.75) is 70.4 Å². The number of aliphatic hydroxyl groups excluding tert-OH is 1. The average molecular weight is 296 g/mol. The largest absolute Gasteiger partial charge is 0.393 e. The molecule has 0 bridgehead atoms. The topological polar surface area (TPSA) is 69.6 Å². The minimum absolute atomic E-state index is 0.0171. The van der Waals surface area contributed by atoms with Crippen molar-refractivity contribution in [3.05, 3.63) is 0 Å². The Morgan fingerprint density at radius 1 is 1.19 bits per heavy atom. The van der Waals surface area contributed by atoms with E-state index in [1.54, 1.807) is 4.90 Å². The Morgan fingerprint density at radius 2 is 2.00 bits per heavy atom. The molecule has 120 valence electrons. The maximum Gasteiger partial charge on any atom is 0.242 e. The Hall–Kier alpha value is -1.10. The molecule has 0 aromatic rings. The van der Waals surface area contributed by atoms with Crippen LogP contribution in [0.5, 0.6) is 0 Å². The maximum absolute atomic E-state index is 12.4. The van der Waals surface area contributed by atoms with E-state index in [0.717, 1.165) is 44.9 Å². The van der Waals surface area contributed by atoms with E-state index < -0.39 is 0 Å². The summed E-state index contributed by atoms with van der Waals surface area (Å²) in [6.45, 7) is 3.17. The van der Waals surface area contributed by atoms with Crippen LogP contribution in [0.4, 0.5) is 0 Å². The van der Waals surface area contributed by atoms with E-state index in [2.05, 4.69) is 5.32 Å². The van der Waals surface area contributed by atoms with Crippen LogP contribution in [-0.2, 0) is 9.59 Å². The highest BCUT2D eigenvalue weighted by Crippen LogP contribution is 2.24. The van der Waals surface area contributed by atoms with Crippen molar-refractivity contribution in [3.63, 3.8) is 0 Å². The number of nitrogens with one attached hydrogen (secondary N) is 1. The molecule has 1 heterocycles. The van der Waals surface area contributed by atoms with Gasteiger partial charge in [-0.05, 0) is 44.4 Å². The monoisotopic (exact) mass is 296 g/mol. The molecule has 2 N–H and O–H groups in total. The van der Waals surface area contributed by atoms with Gasteiger partial charge in [-0.3, -0.25) is 9.59 Å². The summed E-state index contributed by atoms with van der Waals surface area (Å²) < 4.78 is 0. The number of nitrogens with zero attached hydrogens (tertiary/aromatic N) is 1. The number of carbonyl (C=O) groups excluding carboxylic acids is 2. The molecule has 2 rings (SSSR count). The van der Waals surface area contributed by atoms with Gasteiger partial charge in [0.15, 0.2) is 0 Å². The number of rotatable bonds is 4. The average Bonchev–Trinajstić information content (AvgIpc) is 2.52. The summed E-state index contributed by atoms with van der Waals surface area (Å²) >= 11 is 0. The lowest BCUT2D eigenvalue weighted by atomic mass is 9.87. The van der Waals surface area contributed by atoms with Gasteiger partial charge >= 0.3 is 0 Å². The van der Waals surface area contributed by atoms with Gasteiger partial charge in [0, 0.05) is 19.5 Å². The highest BCUT2D eigenvalue weighted by atomic mass is 16.3. The maximum atomic E-state index is 12.4. The lowest BCUT2D eigenvalue weighted by molar-refractivity contribution is -0.142. The second-order valence-corrected chi connectivity index (χ2v) is 6.38. The minimum Gasteiger partial charge on any atom is -0.393 e. The zero-order chi connectivity index (χ0) is 15.2. The third kappa shape index (κ3) is 4.43. The molecular formula is C16H28N2O3. The fourth-order valence-electron chi connectivity index (χ4n) is 3.52. The second-order valence-electron chi connectivity index (χ2n) is 6.38. The van der Waals surface area contributed by atoms with E-state index in [-0.39, 0.29) is 24.0 Å². The number of likely N-dealkylation sites (tertiary alicyclic amines) is 1. The third-order valence-corrected chi connectivity index (χ3v) is 4.75. The molecule has 1 aliphatic carbocycles. The van der Waals surface area contributed by atoms with Crippen molar-refractivity contribution in [1.82, 2.24) is 10.2 Å². The van der Waals surface area contributed by atoms with Crippen LogP contribution in [0.15, 0.2) is 0 Å². The molecule has 1 saturated carbocycles. The predicted molar refractivity (Wildman–Crippen MR) is 80.6 cm³/mol. The first-order valence-corrected chi connectivity index (χ1v) is 8.37. The summed E-state index contributed by atoms with van der Waals surface area (Å²) in [5, 5.41) is 12.7. The Morgan fingerprint density at radius 3 is 2.71 bits per heavy atom. The van der Waals surface area contributed by atoms with Gasteiger partial charge in [-0.2, -0.15) is 0 Å². The van der Waals surface area contributed by atoms with E-state index in [0.29, 0.717) is 25.4 Å². The van der Waals surface area contributed by atoms with Crippen LogP contribution >= 0.6 is 0 Å². The number of amides is 2. The summed E-state index contributed by atoms with van der Waals surface area (Å²) in [6, 6.07) is -0.292. The van der Waals surface area contributed by atoms with Gasteiger partial charge in [-0.15, -0.1) is 0 Å². The van der Waals surface area contributed by atoms with E-state index in [4.69, 9.17) is 0 Å². The van der Waals surface area contributed by atoms with Crippen LogP contribution in [0.2, 0.25) is 0 Å². The molecule has 3 unspecified atom stereocenters. The first kappa shape index (κ1) is 16.3. The highest BCUT2D eigenvalue weighted by molar-refractivity contribution is 5.87. The molecule has 2 aliphatic rings. The van der Waals surface area contributed by atoms with Crippen molar-refractivity contribution in [1.29, 1.82) is 0 Å². The van der Waals surface area contributed by atoms with E-state index >= 15 is 0 Å². The Labute approximate surface area is 127 Å². The summed E-state index contributed by atoms with van der Waals surface area (Å²) in [5.41, 5.74) is 0. The Balaban J connectivity index is 1.84. The van der Waals surface area contributed by atoms with Gasteiger partial charge in [0.05, 0.1) is 6.10 Å². The van der Waals surface area contributed by atoms with Gasteiger partial charge in [0.2, 0.25) is 11.8 Å². The predicted octanol–water partition coefficient (Wildman–Crippen LogP) is 1.44. The molecule has 5 nitrogen and oxygen atoms in total. The van der Waals surface area contributed by atoms with Crippen LogP contribution in [0.25, 0.3) is 0 Å². The van der Waals surface area contributed by atoms with E-state index in [1.165, 1.54) is 0 Å². The number of hydrogen-bond donors (Lipinski definition) is 2. The molecular weight excluding hydrogens is 268 g/mol. The number of piperidine rings is 1.